The number of likely N-dealkylation sites (tertiary alicyclic amines) is 1. The second-order valence-electron chi connectivity index (χ2n) is 5.98. The fourth-order valence-corrected chi connectivity index (χ4v) is 3.18. The number of aromatic nitrogens is 1. The molecule has 2 heterocycles. The molecule has 21 heavy (non-hydrogen) atoms. The Balaban J connectivity index is 1.80. The van der Waals surface area contributed by atoms with Crippen LogP contribution in [0, 0.1) is 12.8 Å². The van der Waals surface area contributed by atoms with Gasteiger partial charge in [-0.05, 0) is 44.4 Å². The Morgan fingerprint density at radius 1 is 1.38 bits per heavy atom. The first-order chi connectivity index (χ1) is 10.1. The molecule has 1 fully saturated rings. The second kappa shape index (κ2) is 6.20. The van der Waals surface area contributed by atoms with Crippen molar-refractivity contribution in [3.8, 4) is 11.5 Å². The van der Waals surface area contributed by atoms with Crippen molar-refractivity contribution in [2.45, 2.75) is 33.2 Å². The molecule has 3 nitrogen and oxygen atoms in total. The minimum atomic E-state index is 0.623. The maximum absolute atomic E-state index is 6.22. The van der Waals surface area contributed by atoms with Gasteiger partial charge in [0.05, 0.1) is 16.3 Å². The van der Waals surface area contributed by atoms with Crippen molar-refractivity contribution in [1.82, 2.24) is 9.88 Å². The maximum Gasteiger partial charge on any atom is 0.228 e. The number of rotatable bonds is 3. The van der Waals surface area contributed by atoms with Gasteiger partial charge >= 0.3 is 0 Å². The number of nitrogens with zero attached hydrogens (tertiary/aromatic N) is 2. The summed E-state index contributed by atoms with van der Waals surface area (Å²) in [5.41, 5.74) is 1.89. The largest absolute Gasteiger partial charge is 0.441 e. The summed E-state index contributed by atoms with van der Waals surface area (Å²) in [6.07, 6.45) is 2.61. The molecule has 4 heteroatoms. The standard InChI is InChI=1S/C17H21ClN2O/c1-12-6-5-9-20(10-12)11-16-13(2)21-17(19-16)14-7-3-4-8-15(14)18/h3-4,7-8,12H,5-6,9-11H2,1-2H3/t12-/m0/s1. The predicted molar refractivity (Wildman–Crippen MR) is 85.4 cm³/mol. The van der Waals surface area contributed by atoms with Crippen LogP contribution in [0.4, 0.5) is 0 Å². The summed E-state index contributed by atoms with van der Waals surface area (Å²) in [5, 5.41) is 0.678. The van der Waals surface area contributed by atoms with Gasteiger partial charge in [0.15, 0.2) is 0 Å². The van der Waals surface area contributed by atoms with E-state index in [1.54, 1.807) is 0 Å². The third-order valence-electron chi connectivity index (χ3n) is 4.11. The monoisotopic (exact) mass is 304 g/mol. The van der Waals surface area contributed by atoms with Crippen LogP contribution in [0.1, 0.15) is 31.2 Å². The van der Waals surface area contributed by atoms with Crippen LogP contribution in [0.15, 0.2) is 28.7 Å². The topological polar surface area (TPSA) is 29.3 Å². The summed E-state index contributed by atoms with van der Waals surface area (Å²) < 4.78 is 5.83. The summed E-state index contributed by atoms with van der Waals surface area (Å²) in [4.78, 5) is 7.13. The van der Waals surface area contributed by atoms with Crippen molar-refractivity contribution in [1.29, 1.82) is 0 Å². The first kappa shape index (κ1) is 14.6. The van der Waals surface area contributed by atoms with Crippen molar-refractivity contribution in [3.05, 3.63) is 40.7 Å². The SMILES string of the molecule is Cc1oc(-c2ccccc2Cl)nc1CN1CCC[C@H](C)C1. The van der Waals surface area contributed by atoms with Gasteiger partial charge in [-0.15, -0.1) is 0 Å². The lowest BCUT2D eigenvalue weighted by Crippen LogP contribution is -2.34. The molecule has 3 rings (SSSR count). The first-order valence-corrected chi connectivity index (χ1v) is 7.95. The third-order valence-corrected chi connectivity index (χ3v) is 4.44. The Hall–Kier alpha value is -1.32. The summed E-state index contributed by atoms with van der Waals surface area (Å²) in [5.74, 6) is 2.29. The zero-order chi connectivity index (χ0) is 14.8. The van der Waals surface area contributed by atoms with Crippen LogP contribution in [-0.4, -0.2) is 23.0 Å². The van der Waals surface area contributed by atoms with Crippen molar-refractivity contribution in [2.75, 3.05) is 13.1 Å². The molecule has 0 amide bonds. The number of benzene rings is 1. The Kier molecular flexibility index (Phi) is 4.32. The van der Waals surface area contributed by atoms with E-state index < -0.39 is 0 Å². The number of oxazole rings is 1. The number of piperidine rings is 1. The predicted octanol–water partition coefficient (Wildman–Crippen LogP) is 4.54. The van der Waals surface area contributed by atoms with Gasteiger partial charge < -0.3 is 4.42 Å². The van der Waals surface area contributed by atoms with Crippen molar-refractivity contribution in [2.24, 2.45) is 5.92 Å². The minimum absolute atomic E-state index is 0.623. The van der Waals surface area contributed by atoms with Crippen LogP contribution in [0.3, 0.4) is 0 Å². The fraction of sp³-hybridized carbons (Fsp3) is 0.471. The highest BCUT2D eigenvalue weighted by molar-refractivity contribution is 6.33. The molecule has 1 atom stereocenters. The Morgan fingerprint density at radius 2 is 2.19 bits per heavy atom. The van der Waals surface area contributed by atoms with E-state index in [0.29, 0.717) is 10.9 Å². The molecule has 1 aromatic carbocycles. The first-order valence-electron chi connectivity index (χ1n) is 7.57. The number of aryl methyl sites for hydroxylation is 1. The van der Waals surface area contributed by atoms with E-state index in [9.17, 15) is 0 Å². The van der Waals surface area contributed by atoms with Gasteiger partial charge in [0, 0.05) is 13.1 Å². The zero-order valence-electron chi connectivity index (χ0n) is 12.6. The smallest absolute Gasteiger partial charge is 0.228 e. The molecule has 0 bridgehead atoms. The van der Waals surface area contributed by atoms with E-state index in [0.717, 1.165) is 42.6 Å². The van der Waals surface area contributed by atoms with Gasteiger partial charge in [0.2, 0.25) is 5.89 Å². The summed E-state index contributed by atoms with van der Waals surface area (Å²) in [6.45, 7) is 7.46. The fourth-order valence-electron chi connectivity index (χ4n) is 2.97. The molecule has 0 aliphatic carbocycles. The second-order valence-corrected chi connectivity index (χ2v) is 6.39. The van der Waals surface area contributed by atoms with Crippen LogP contribution >= 0.6 is 11.6 Å². The molecular weight excluding hydrogens is 284 g/mol. The van der Waals surface area contributed by atoms with Crippen LogP contribution in [0.25, 0.3) is 11.5 Å². The third kappa shape index (κ3) is 3.30. The van der Waals surface area contributed by atoms with E-state index >= 15 is 0 Å². The van der Waals surface area contributed by atoms with E-state index in [1.165, 1.54) is 12.8 Å². The summed E-state index contributed by atoms with van der Waals surface area (Å²) in [6, 6.07) is 7.67. The molecule has 0 unspecified atom stereocenters. The van der Waals surface area contributed by atoms with E-state index in [1.807, 2.05) is 31.2 Å². The number of hydrogen-bond donors (Lipinski definition) is 0. The molecule has 0 radical (unpaired) electrons. The van der Waals surface area contributed by atoms with Crippen molar-refractivity contribution < 1.29 is 4.42 Å². The van der Waals surface area contributed by atoms with Crippen LogP contribution in [0.2, 0.25) is 5.02 Å². The highest BCUT2D eigenvalue weighted by Gasteiger charge is 2.20. The molecule has 0 saturated carbocycles. The number of hydrogen-bond acceptors (Lipinski definition) is 3. The molecule has 1 aromatic heterocycles. The molecule has 1 aliphatic heterocycles. The van der Waals surface area contributed by atoms with Gasteiger partial charge in [0.1, 0.15) is 5.76 Å². The lowest BCUT2D eigenvalue weighted by molar-refractivity contribution is 0.174. The molecular formula is C17H21ClN2O. The molecule has 1 aliphatic rings. The lowest BCUT2D eigenvalue weighted by Gasteiger charge is -2.30. The quantitative estimate of drug-likeness (QED) is 0.834. The van der Waals surface area contributed by atoms with Gasteiger partial charge in [-0.2, -0.15) is 0 Å². The van der Waals surface area contributed by atoms with Gasteiger partial charge in [0.25, 0.3) is 0 Å². The average Bonchev–Trinajstić information content (AvgIpc) is 2.80. The van der Waals surface area contributed by atoms with Gasteiger partial charge in [-0.1, -0.05) is 30.7 Å². The van der Waals surface area contributed by atoms with Crippen molar-refractivity contribution >= 4 is 11.6 Å². The highest BCUT2D eigenvalue weighted by atomic mass is 35.5. The molecule has 2 aromatic rings. The highest BCUT2D eigenvalue weighted by Crippen LogP contribution is 2.29. The van der Waals surface area contributed by atoms with Gasteiger partial charge in [-0.3, -0.25) is 4.90 Å². The van der Waals surface area contributed by atoms with Crippen LogP contribution in [-0.2, 0) is 6.54 Å². The Morgan fingerprint density at radius 3 is 2.95 bits per heavy atom. The molecule has 0 spiro atoms. The molecule has 1 saturated heterocycles. The summed E-state index contributed by atoms with van der Waals surface area (Å²) in [7, 11) is 0. The minimum Gasteiger partial charge on any atom is -0.441 e. The Labute approximate surface area is 130 Å². The van der Waals surface area contributed by atoms with Gasteiger partial charge in [-0.25, -0.2) is 4.98 Å². The van der Waals surface area contributed by atoms with E-state index in [4.69, 9.17) is 16.0 Å². The normalized spacial score (nSPS) is 19.9. The summed E-state index contributed by atoms with van der Waals surface area (Å²) >= 11 is 6.22. The number of halogens is 1. The van der Waals surface area contributed by atoms with Crippen molar-refractivity contribution in [3.63, 3.8) is 0 Å². The Bertz CT molecular complexity index is 623. The average molecular weight is 305 g/mol. The lowest BCUT2D eigenvalue weighted by atomic mass is 10.0. The van der Waals surface area contributed by atoms with E-state index in [-0.39, 0.29) is 0 Å². The van der Waals surface area contributed by atoms with Crippen LogP contribution in [0.5, 0.6) is 0 Å². The molecule has 112 valence electrons. The molecule has 0 N–H and O–H groups in total. The van der Waals surface area contributed by atoms with E-state index in [2.05, 4.69) is 16.8 Å². The maximum atomic E-state index is 6.22. The zero-order valence-corrected chi connectivity index (χ0v) is 13.4. The van der Waals surface area contributed by atoms with Crippen LogP contribution < -0.4 is 0 Å².